The lowest BCUT2D eigenvalue weighted by molar-refractivity contribution is 0.303. The van der Waals surface area contributed by atoms with E-state index in [1.165, 1.54) is 30.3 Å². The lowest BCUT2D eigenvalue weighted by Crippen LogP contribution is -2.12. The molecular weight excluding hydrogens is 361 g/mol. The lowest BCUT2D eigenvalue weighted by atomic mass is 10.1. The number of sulfonamides is 1. The molecule has 2 aromatic carbocycles. The molecule has 4 nitrogen and oxygen atoms in total. The Balaban J connectivity index is 2.17. The number of nitrogens with two attached hydrogens (primary N) is 1. The fraction of sp³-hybridized carbons (Fsp3) is 0.143. The van der Waals surface area contributed by atoms with Crippen LogP contribution in [-0.4, -0.2) is 8.42 Å². The van der Waals surface area contributed by atoms with Gasteiger partial charge in [-0.25, -0.2) is 17.9 Å². The van der Waals surface area contributed by atoms with E-state index >= 15 is 0 Å². The van der Waals surface area contributed by atoms with Crippen molar-refractivity contribution in [3.8, 4) is 5.75 Å². The quantitative estimate of drug-likeness (QED) is 0.894. The predicted molar refractivity (Wildman–Crippen MR) is 81.0 cm³/mol. The van der Waals surface area contributed by atoms with Crippen LogP contribution < -0.4 is 9.88 Å². The summed E-state index contributed by atoms with van der Waals surface area (Å²) >= 11 is 3.24. The highest BCUT2D eigenvalue weighted by molar-refractivity contribution is 9.10. The van der Waals surface area contributed by atoms with Crippen LogP contribution in [0.1, 0.15) is 11.1 Å². The standard InChI is InChI=1S/C14H13BrFNO3S/c1-9-6-11(16)3-2-10(9)8-20-14-5-4-12(7-13(14)15)21(17,18)19/h2-7H,8H2,1H3,(H2,17,18,19). The third-order valence-electron chi connectivity index (χ3n) is 2.92. The maximum absolute atomic E-state index is 13.0. The number of halogens is 2. The molecule has 0 heterocycles. The summed E-state index contributed by atoms with van der Waals surface area (Å²) in [4.78, 5) is -0.000289. The van der Waals surface area contributed by atoms with Crippen molar-refractivity contribution in [1.29, 1.82) is 0 Å². The van der Waals surface area contributed by atoms with Crippen molar-refractivity contribution in [3.05, 3.63) is 57.8 Å². The molecule has 0 atom stereocenters. The van der Waals surface area contributed by atoms with Gasteiger partial charge in [-0.1, -0.05) is 6.07 Å². The van der Waals surface area contributed by atoms with Crippen molar-refractivity contribution in [2.45, 2.75) is 18.4 Å². The van der Waals surface area contributed by atoms with E-state index in [0.29, 0.717) is 10.2 Å². The third kappa shape index (κ3) is 4.03. The Labute approximate surface area is 130 Å². The van der Waals surface area contributed by atoms with E-state index < -0.39 is 10.0 Å². The van der Waals surface area contributed by atoms with E-state index in [-0.39, 0.29) is 17.3 Å². The minimum Gasteiger partial charge on any atom is -0.488 e. The number of ether oxygens (including phenoxy) is 1. The van der Waals surface area contributed by atoms with Crippen LogP contribution in [0.15, 0.2) is 45.8 Å². The molecule has 0 radical (unpaired) electrons. The summed E-state index contributed by atoms with van der Waals surface area (Å²) in [6, 6.07) is 8.71. The normalized spacial score (nSPS) is 11.4. The molecule has 0 bridgehead atoms. The first-order chi connectivity index (χ1) is 9.77. The summed E-state index contributed by atoms with van der Waals surface area (Å²) in [6.07, 6.45) is 0. The monoisotopic (exact) mass is 373 g/mol. The van der Waals surface area contributed by atoms with Gasteiger partial charge in [0.05, 0.1) is 9.37 Å². The van der Waals surface area contributed by atoms with E-state index in [1.54, 1.807) is 13.0 Å². The molecule has 2 aromatic rings. The van der Waals surface area contributed by atoms with Gasteiger partial charge in [0.15, 0.2) is 0 Å². The molecular formula is C14H13BrFNO3S. The van der Waals surface area contributed by atoms with Crippen LogP contribution in [0.4, 0.5) is 4.39 Å². The zero-order valence-electron chi connectivity index (χ0n) is 11.1. The van der Waals surface area contributed by atoms with Gasteiger partial charge in [0.1, 0.15) is 18.2 Å². The first-order valence-corrected chi connectivity index (χ1v) is 8.31. The first-order valence-electron chi connectivity index (χ1n) is 5.97. The van der Waals surface area contributed by atoms with E-state index in [1.807, 2.05) is 0 Å². The van der Waals surface area contributed by atoms with Gasteiger partial charge < -0.3 is 4.74 Å². The molecule has 0 aliphatic heterocycles. The number of aryl methyl sites for hydroxylation is 1. The highest BCUT2D eigenvalue weighted by Crippen LogP contribution is 2.28. The molecule has 0 fully saturated rings. The van der Waals surface area contributed by atoms with Gasteiger partial charge >= 0.3 is 0 Å². The Morgan fingerprint density at radius 1 is 1.24 bits per heavy atom. The number of hydrogen-bond acceptors (Lipinski definition) is 3. The molecule has 2 rings (SSSR count). The number of hydrogen-bond donors (Lipinski definition) is 1. The Morgan fingerprint density at radius 2 is 1.95 bits per heavy atom. The third-order valence-corrected chi connectivity index (χ3v) is 4.45. The van der Waals surface area contributed by atoms with E-state index in [4.69, 9.17) is 9.88 Å². The maximum Gasteiger partial charge on any atom is 0.238 e. The minimum atomic E-state index is -3.75. The van der Waals surface area contributed by atoms with E-state index in [9.17, 15) is 12.8 Å². The van der Waals surface area contributed by atoms with Crippen molar-refractivity contribution in [2.24, 2.45) is 5.14 Å². The predicted octanol–water partition coefficient (Wildman–Crippen LogP) is 3.12. The molecule has 0 aliphatic rings. The van der Waals surface area contributed by atoms with E-state index in [0.717, 1.165) is 11.1 Å². The average Bonchev–Trinajstić information content (AvgIpc) is 2.38. The zero-order chi connectivity index (χ0) is 15.6. The van der Waals surface area contributed by atoms with Crippen molar-refractivity contribution >= 4 is 26.0 Å². The molecule has 21 heavy (non-hydrogen) atoms. The fourth-order valence-electron chi connectivity index (χ4n) is 1.75. The maximum atomic E-state index is 13.0. The van der Waals surface area contributed by atoms with Gasteiger partial charge in [-0.15, -0.1) is 0 Å². The lowest BCUT2D eigenvalue weighted by Gasteiger charge is -2.11. The van der Waals surface area contributed by atoms with Crippen molar-refractivity contribution in [1.82, 2.24) is 0 Å². The number of rotatable bonds is 4. The molecule has 0 amide bonds. The molecule has 0 saturated carbocycles. The second-order valence-corrected chi connectivity index (χ2v) is 6.91. The molecule has 0 aliphatic carbocycles. The Hall–Kier alpha value is -1.44. The Bertz CT molecular complexity index is 778. The number of primary sulfonamides is 1. The van der Waals surface area contributed by atoms with Crippen LogP contribution in [0.3, 0.4) is 0 Å². The average molecular weight is 374 g/mol. The summed E-state index contributed by atoms with van der Waals surface area (Å²) in [6.45, 7) is 2.04. The largest absolute Gasteiger partial charge is 0.488 e. The van der Waals surface area contributed by atoms with Crippen LogP contribution in [0.5, 0.6) is 5.75 Å². The molecule has 0 unspecified atom stereocenters. The smallest absolute Gasteiger partial charge is 0.238 e. The highest BCUT2D eigenvalue weighted by atomic mass is 79.9. The van der Waals surface area contributed by atoms with Crippen LogP contribution in [0.2, 0.25) is 0 Å². The summed E-state index contributed by atoms with van der Waals surface area (Å²) in [5.41, 5.74) is 1.63. The molecule has 0 saturated heterocycles. The highest BCUT2D eigenvalue weighted by Gasteiger charge is 2.11. The summed E-state index contributed by atoms with van der Waals surface area (Å²) in [7, 11) is -3.75. The van der Waals surface area contributed by atoms with Crippen molar-refractivity contribution < 1.29 is 17.5 Å². The minimum absolute atomic E-state index is 0.000289. The number of benzene rings is 2. The Kier molecular flexibility index (Phi) is 4.65. The van der Waals surface area contributed by atoms with Crippen LogP contribution in [0.25, 0.3) is 0 Å². The molecule has 0 spiro atoms. The van der Waals surface area contributed by atoms with Gasteiger partial charge in [-0.05, 0) is 64.3 Å². The first kappa shape index (κ1) is 15.9. The molecule has 112 valence electrons. The summed E-state index contributed by atoms with van der Waals surface area (Å²) in [5.74, 6) is 0.182. The molecule has 7 heteroatoms. The SMILES string of the molecule is Cc1cc(F)ccc1COc1ccc(S(N)(=O)=O)cc1Br. The van der Waals surface area contributed by atoms with Crippen LogP contribution in [-0.2, 0) is 16.6 Å². The zero-order valence-corrected chi connectivity index (χ0v) is 13.5. The second kappa shape index (κ2) is 6.13. The van der Waals surface area contributed by atoms with Crippen LogP contribution >= 0.6 is 15.9 Å². The van der Waals surface area contributed by atoms with Gasteiger partial charge in [0.2, 0.25) is 10.0 Å². The van der Waals surface area contributed by atoms with Gasteiger partial charge in [-0.2, -0.15) is 0 Å². The molecule has 2 N–H and O–H groups in total. The second-order valence-electron chi connectivity index (χ2n) is 4.50. The molecule has 0 aromatic heterocycles. The van der Waals surface area contributed by atoms with Crippen molar-refractivity contribution in [2.75, 3.05) is 0 Å². The van der Waals surface area contributed by atoms with Gasteiger partial charge in [0, 0.05) is 0 Å². The van der Waals surface area contributed by atoms with Gasteiger partial charge in [0.25, 0.3) is 0 Å². The van der Waals surface area contributed by atoms with Gasteiger partial charge in [-0.3, -0.25) is 0 Å². The van der Waals surface area contributed by atoms with Crippen molar-refractivity contribution in [3.63, 3.8) is 0 Å². The summed E-state index contributed by atoms with van der Waals surface area (Å²) in [5, 5.41) is 5.05. The topological polar surface area (TPSA) is 69.4 Å². The van der Waals surface area contributed by atoms with Crippen LogP contribution in [0, 0.1) is 12.7 Å². The summed E-state index contributed by atoms with van der Waals surface area (Å²) < 4.78 is 41.6. The fourth-order valence-corrected chi connectivity index (χ4v) is 2.94. The Morgan fingerprint density at radius 3 is 2.52 bits per heavy atom. The van der Waals surface area contributed by atoms with E-state index in [2.05, 4.69) is 15.9 Å².